The van der Waals surface area contributed by atoms with Crippen molar-refractivity contribution in [1.82, 2.24) is 9.97 Å². The van der Waals surface area contributed by atoms with Gasteiger partial charge in [-0.25, -0.2) is 4.39 Å². The molecule has 0 aliphatic rings. The molecule has 194 valence electrons. The van der Waals surface area contributed by atoms with E-state index in [9.17, 15) is 4.39 Å². The Morgan fingerprint density at radius 1 is 0.641 bits per heavy atom. The molecule has 0 bridgehead atoms. The lowest BCUT2D eigenvalue weighted by atomic mass is 10.1. The number of hydrogen-bond donors (Lipinski definition) is 2. The van der Waals surface area contributed by atoms with Gasteiger partial charge in [-0.2, -0.15) is 0 Å². The SMILES string of the molecule is Cc1ccc(CNc2ccnc3ccccc23)cc1.Fc1ccc(CNc2ccnc3cc(Cl)ccc23)cc1. The number of aromatic nitrogens is 2. The summed E-state index contributed by atoms with van der Waals surface area (Å²) in [6, 6.07) is 32.8. The molecule has 0 aliphatic carbocycles. The van der Waals surface area contributed by atoms with E-state index in [0.717, 1.165) is 45.3 Å². The summed E-state index contributed by atoms with van der Waals surface area (Å²) < 4.78 is 12.9. The molecule has 2 aromatic heterocycles. The zero-order valence-electron chi connectivity index (χ0n) is 21.5. The van der Waals surface area contributed by atoms with Crippen molar-refractivity contribution in [1.29, 1.82) is 0 Å². The number of halogens is 2. The van der Waals surface area contributed by atoms with Gasteiger partial charge in [-0.1, -0.05) is 71.8 Å². The molecule has 4 nitrogen and oxygen atoms in total. The third kappa shape index (κ3) is 6.89. The largest absolute Gasteiger partial charge is 0.380 e. The average molecular weight is 535 g/mol. The summed E-state index contributed by atoms with van der Waals surface area (Å²) in [6.45, 7) is 3.56. The predicted molar refractivity (Wildman–Crippen MR) is 161 cm³/mol. The van der Waals surface area contributed by atoms with Crippen LogP contribution in [-0.4, -0.2) is 9.97 Å². The summed E-state index contributed by atoms with van der Waals surface area (Å²) in [5.74, 6) is -0.224. The highest BCUT2D eigenvalue weighted by Crippen LogP contribution is 2.25. The highest BCUT2D eigenvalue weighted by atomic mass is 35.5. The molecule has 4 aromatic carbocycles. The second kappa shape index (κ2) is 12.4. The van der Waals surface area contributed by atoms with Gasteiger partial charge in [0, 0.05) is 52.7 Å². The first-order valence-corrected chi connectivity index (χ1v) is 13.1. The Morgan fingerprint density at radius 3 is 1.87 bits per heavy atom. The minimum atomic E-state index is -0.224. The van der Waals surface area contributed by atoms with E-state index in [1.807, 2.05) is 54.7 Å². The first-order chi connectivity index (χ1) is 19.0. The smallest absolute Gasteiger partial charge is 0.123 e. The molecule has 0 fully saturated rings. The maximum Gasteiger partial charge on any atom is 0.123 e. The summed E-state index contributed by atoms with van der Waals surface area (Å²) in [5.41, 5.74) is 7.58. The normalized spacial score (nSPS) is 10.6. The van der Waals surface area contributed by atoms with Gasteiger partial charge in [0.05, 0.1) is 11.0 Å². The van der Waals surface area contributed by atoms with Gasteiger partial charge in [-0.3, -0.25) is 9.97 Å². The first-order valence-electron chi connectivity index (χ1n) is 12.7. The van der Waals surface area contributed by atoms with Crippen molar-refractivity contribution in [2.24, 2.45) is 0 Å². The minimum Gasteiger partial charge on any atom is -0.380 e. The Bertz CT molecular complexity index is 1680. The topological polar surface area (TPSA) is 49.8 Å². The molecule has 0 unspecified atom stereocenters. The molecular formula is C33H28ClFN4. The summed E-state index contributed by atoms with van der Waals surface area (Å²) in [6.07, 6.45) is 3.59. The molecule has 6 heteroatoms. The van der Waals surface area contributed by atoms with Gasteiger partial charge in [0.1, 0.15) is 5.82 Å². The molecule has 0 saturated heterocycles. The number of pyridine rings is 2. The lowest BCUT2D eigenvalue weighted by Crippen LogP contribution is -2.00. The highest BCUT2D eigenvalue weighted by Gasteiger charge is 2.03. The van der Waals surface area contributed by atoms with Crippen LogP contribution >= 0.6 is 11.6 Å². The lowest BCUT2D eigenvalue weighted by molar-refractivity contribution is 0.627. The molecule has 6 aromatic rings. The fraction of sp³-hybridized carbons (Fsp3) is 0.0909. The number of nitrogens with one attached hydrogen (secondary N) is 2. The summed E-state index contributed by atoms with van der Waals surface area (Å²) in [7, 11) is 0. The second-order valence-corrected chi connectivity index (χ2v) is 9.65. The van der Waals surface area contributed by atoms with Gasteiger partial charge in [0.2, 0.25) is 0 Å². The van der Waals surface area contributed by atoms with Gasteiger partial charge in [0.15, 0.2) is 0 Å². The second-order valence-electron chi connectivity index (χ2n) is 9.21. The number of nitrogens with zero attached hydrogens (tertiary/aromatic N) is 2. The van der Waals surface area contributed by atoms with Gasteiger partial charge >= 0.3 is 0 Å². The summed E-state index contributed by atoms with van der Waals surface area (Å²) >= 11 is 5.96. The van der Waals surface area contributed by atoms with Crippen LogP contribution in [0.15, 0.2) is 116 Å². The number of aryl methyl sites for hydroxylation is 1. The van der Waals surface area contributed by atoms with Gasteiger partial charge in [-0.05, 0) is 66.6 Å². The van der Waals surface area contributed by atoms with Crippen LogP contribution in [0, 0.1) is 12.7 Å². The Hall–Kier alpha value is -4.48. The van der Waals surface area contributed by atoms with Crippen molar-refractivity contribution in [3.8, 4) is 0 Å². The number of anilines is 2. The number of rotatable bonds is 6. The van der Waals surface area contributed by atoms with E-state index in [0.29, 0.717) is 11.6 Å². The fourth-order valence-electron chi connectivity index (χ4n) is 4.23. The molecule has 2 heterocycles. The maximum atomic E-state index is 12.9. The third-order valence-electron chi connectivity index (χ3n) is 6.35. The summed E-state index contributed by atoms with van der Waals surface area (Å²) in [5, 5.41) is 9.66. The van der Waals surface area contributed by atoms with E-state index < -0.39 is 0 Å². The van der Waals surface area contributed by atoms with Crippen LogP contribution in [-0.2, 0) is 13.1 Å². The Kier molecular flexibility index (Phi) is 8.29. The zero-order valence-corrected chi connectivity index (χ0v) is 22.3. The van der Waals surface area contributed by atoms with Crippen LogP contribution in [0.25, 0.3) is 21.8 Å². The van der Waals surface area contributed by atoms with Crippen LogP contribution in [0.4, 0.5) is 15.8 Å². The number of hydrogen-bond acceptors (Lipinski definition) is 4. The number of para-hydroxylation sites is 1. The molecule has 6 rings (SSSR count). The fourth-order valence-corrected chi connectivity index (χ4v) is 4.39. The van der Waals surface area contributed by atoms with E-state index in [2.05, 4.69) is 57.9 Å². The van der Waals surface area contributed by atoms with Crippen molar-refractivity contribution in [3.63, 3.8) is 0 Å². The highest BCUT2D eigenvalue weighted by molar-refractivity contribution is 6.31. The monoisotopic (exact) mass is 534 g/mol. The number of fused-ring (bicyclic) bond motifs is 2. The molecule has 0 spiro atoms. The van der Waals surface area contributed by atoms with E-state index in [4.69, 9.17) is 11.6 Å². The predicted octanol–water partition coefficient (Wildman–Crippen LogP) is 8.79. The third-order valence-corrected chi connectivity index (χ3v) is 6.59. The Morgan fingerprint density at radius 2 is 1.21 bits per heavy atom. The minimum absolute atomic E-state index is 0.224. The first kappa shape index (κ1) is 26.1. The maximum absolute atomic E-state index is 12.9. The molecule has 0 aliphatic heterocycles. The van der Waals surface area contributed by atoms with Crippen LogP contribution < -0.4 is 10.6 Å². The van der Waals surface area contributed by atoms with E-state index in [1.54, 1.807) is 18.3 Å². The van der Waals surface area contributed by atoms with Crippen LogP contribution in [0.1, 0.15) is 16.7 Å². The quantitative estimate of drug-likeness (QED) is 0.224. The zero-order chi connectivity index (χ0) is 27.0. The van der Waals surface area contributed by atoms with Gasteiger partial charge in [-0.15, -0.1) is 0 Å². The van der Waals surface area contributed by atoms with Crippen molar-refractivity contribution >= 4 is 44.8 Å². The standard InChI is InChI=1S/C17H16N2.C16H12ClFN2/c1-13-6-8-14(9-7-13)12-19-17-10-11-18-16-5-3-2-4-15(16)17;17-12-3-6-14-15(7-8-19-16(14)9-12)20-10-11-1-4-13(18)5-2-11/h2-11H,12H2,1H3,(H,18,19);1-9H,10H2,(H,19,20). The summed E-state index contributed by atoms with van der Waals surface area (Å²) in [4.78, 5) is 8.66. The van der Waals surface area contributed by atoms with Crippen molar-refractivity contribution in [2.45, 2.75) is 20.0 Å². The Labute approximate surface area is 232 Å². The van der Waals surface area contributed by atoms with Crippen molar-refractivity contribution < 1.29 is 4.39 Å². The molecule has 0 saturated carbocycles. The molecular weight excluding hydrogens is 507 g/mol. The van der Waals surface area contributed by atoms with Crippen LogP contribution in [0.2, 0.25) is 5.02 Å². The Balaban J connectivity index is 0.000000158. The molecule has 2 N–H and O–H groups in total. The van der Waals surface area contributed by atoms with Gasteiger partial charge in [0.25, 0.3) is 0 Å². The number of benzene rings is 4. The van der Waals surface area contributed by atoms with E-state index in [1.165, 1.54) is 23.3 Å². The lowest BCUT2D eigenvalue weighted by Gasteiger charge is -2.09. The average Bonchev–Trinajstić information content (AvgIpc) is 2.97. The molecule has 0 atom stereocenters. The molecule has 0 amide bonds. The van der Waals surface area contributed by atoms with Crippen LogP contribution in [0.3, 0.4) is 0 Å². The molecule has 39 heavy (non-hydrogen) atoms. The van der Waals surface area contributed by atoms with Crippen molar-refractivity contribution in [2.75, 3.05) is 10.6 Å². The van der Waals surface area contributed by atoms with E-state index in [-0.39, 0.29) is 5.82 Å². The molecule has 0 radical (unpaired) electrons. The van der Waals surface area contributed by atoms with E-state index >= 15 is 0 Å². The van der Waals surface area contributed by atoms with Crippen LogP contribution in [0.5, 0.6) is 0 Å². The van der Waals surface area contributed by atoms with Crippen molar-refractivity contribution in [3.05, 3.63) is 143 Å². The van der Waals surface area contributed by atoms with Gasteiger partial charge < -0.3 is 10.6 Å².